The Morgan fingerprint density at radius 3 is 2.36 bits per heavy atom. The van der Waals surface area contributed by atoms with Gasteiger partial charge in [-0.1, -0.05) is 19.1 Å². The molecular formula is C19H28N4O5. The second-order valence-corrected chi connectivity index (χ2v) is 7.37. The summed E-state index contributed by atoms with van der Waals surface area (Å²) >= 11 is 0. The number of nitrogens with one attached hydrogen (secondary N) is 1. The predicted octanol–water partition coefficient (Wildman–Crippen LogP) is 2.45. The summed E-state index contributed by atoms with van der Waals surface area (Å²) in [6.07, 6.45) is 1.46. The number of nitrogens with zero attached hydrogens (tertiary/aromatic N) is 3. The van der Waals surface area contributed by atoms with Crippen molar-refractivity contribution in [3.8, 4) is 0 Å². The van der Waals surface area contributed by atoms with Crippen molar-refractivity contribution in [3.05, 3.63) is 39.9 Å². The zero-order valence-electron chi connectivity index (χ0n) is 16.5. The van der Waals surface area contributed by atoms with E-state index in [0.29, 0.717) is 13.1 Å². The SMILES string of the molecule is CCN(CC(=O)O)C1CC(NC(=O)N(Cc2ccc([N+](=O)[O-])cc2)C(C)C)C1. The molecule has 154 valence electrons. The average molecular weight is 392 g/mol. The van der Waals surface area contributed by atoms with E-state index in [0.717, 1.165) is 18.4 Å². The van der Waals surface area contributed by atoms with E-state index in [1.165, 1.54) is 12.1 Å². The van der Waals surface area contributed by atoms with Crippen molar-refractivity contribution in [2.24, 2.45) is 0 Å². The van der Waals surface area contributed by atoms with E-state index in [1.807, 2.05) is 25.7 Å². The molecule has 1 aromatic carbocycles. The Morgan fingerprint density at radius 1 is 1.29 bits per heavy atom. The highest BCUT2D eigenvalue weighted by molar-refractivity contribution is 5.75. The van der Waals surface area contributed by atoms with Crippen LogP contribution < -0.4 is 5.32 Å². The van der Waals surface area contributed by atoms with Gasteiger partial charge in [0.05, 0.1) is 11.5 Å². The van der Waals surface area contributed by atoms with Crippen molar-refractivity contribution in [1.82, 2.24) is 15.1 Å². The van der Waals surface area contributed by atoms with Crippen LogP contribution in [0, 0.1) is 10.1 Å². The lowest BCUT2D eigenvalue weighted by Gasteiger charge is -2.43. The van der Waals surface area contributed by atoms with Gasteiger partial charge in [-0.25, -0.2) is 4.79 Å². The first-order chi connectivity index (χ1) is 13.2. The third kappa shape index (κ3) is 5.66. The number of carboxylic acids is 1. The van der Waals surface area contributed by atoms with Crippen LogP contribution in [0.1, 0.15) is 39.2 Å². The van der Waals surface area contributed by atoms with Gasteiger partial charge in [0.2, 0.25) is 0 Å². The van der Waals surface area contributed by atoms with Gasteiger partial charge < -0.3 is 15.3 Å². The highest BCUT2D eigenvalue weighted by Gasteiger charge is 2.35. The number of hydrogen-bond acceptors (Lipinski definition) is 5. The molecule has 0 spiro atoms. The summed E-state index contributed by atoms with van der Waals surface area (Å²) in [6.45, 7) is 6.80. The molecule has 1 aliphatic rings. The molecule has 9 nitrogen and oxygen atoms in total. The number of urea groups is 1. The lowest BCUT2D eigenvalue weighted by Crippen LogP contribution is -2.57. The maximum absolute atomic E-state index is 12.7. The summed E-state index contributed by atoms with van der Waals surface area (Å²) in [6, 6.07) is 6.17. The second kappa shape index (κ2) is 9.50. The maximum atomic E-state index is 12.7. The number of non-ortho nitro benzene ring substituents is 1. The van der Waals surface area contributed by atoms with E-state index >= 15 is 0 Å². The molecular weight excluding hydrogens is 364 g/mol. The number of rotatable bonds is 9. The predicted molar refractivity (Wildman–Crippen MR) is 104 cm³/mol. The molecule has 9 heteroatoms. The molecule has 0 saturated heterocycles. The van der Waals surface area contributed by atoms with Crippen LogP contribution in [0.5, 0.6) is 0 Å². The number of nitro benzene ring substituents is 1. The number of carboxylic acid groups (broad SMARTS) is 1. The minimum Gasteiger partial charge on any atom is -0.480 e. The van der Waals surface area contributed by atoms with E-state index in [4.69, 9.17) is 5.11 Å². The normalized spacial score (nSPS) is 18.6. The van der Waals surface area contributed by atoms with Crippen LogP contribution in [-0.4, -0.2) is 63.0 Å². The van der Waals surface area contributed by atoms with E-state index in [1.54, 1.807) is 17.0 Å². The summed E-state index contributed by atoms with van der Waals surface area (Å²) in [5.41, 5.74) is 0.839. The number of hydrogen-bond donors (Lipinski definition) is 2. The summed E-state index contributed by atoms with van der Waals surface area (Å²) in [5.74, 6) is -0.844. The topological polar surface area (TPSA) is 116 Å². The molecule has 0 unspecified atom stereocenters. The molecule has 1 aliphatic carbocycles. The fourth-order valence-electron chi connectivity index (χ4n) is 3.34. The number of nitro groups is 1. The Hall–Kier alpha value is -2.68. The molecule has 1 saturated carbocycles. The van der Waals surface area contributed by atoms with Crippen LogP contribution in [-0.2, 0) is 11.3 Å². The van der Waals surface area contributed by atoms with Crippen LogP contribution in [0.25, 0.3) is 0 Å². The van der Waals surface area contributed by atoms with Crippen LogP contribution in [0.15, 0.2) is 24.3 Å². The monoisotopic (exact) mass is 392 g/mol. The lowest BCUT2D eigenvalue weighted by atomic mass is 9.85. The minimum atomic E-state index is -0.844. The van der Waals surface area contributed by atoms with Crippen molar-refractivity contribution >= 4 is 17.7 Å². The van der Waals surface area contributed by atoms with E-state index in [9.17, 15) is 19.7 Å². The number of aliphatic carboxylic acids is 1. The van der Waals surface area contributed by atoms with Gasteiger partial charge >= 0.3 is 12.0 Å². The molecule has 0 aromatic heterocycles. The van der Waals surface area contributed by atoms with Crippen molar-refractivity contribution in [2.75, 3.05) is 13.1 Å². The van der Waals surface area contributed by atoms with Gasteiger partial charge in [-0.3, -0.25) is 19.8 Å². The first-order valence-electron chi connectivity index (χ1n) is 9.47. The van der Waals surface area contributed by atoms with Gasteiger partial charge in [-0.15, -0.1) is 0 Å². The van der Waals surface area contributed by atoms with Gasteiger partial charge in [0.1, 0.15) is 0 Å². The molecule has 0 radical (unpaired) electrons. The fourth-order valence-corrected chi connectivity index (χ4v) is 3.34. The second-order valence-electron chi connectivity index (χ2n) is 7.37. The van der Waals surface area contributed by atoms with Crippen molar-refractivity contribution in [1.29, 1.82) is 0 Å². The Bertz CT molecular complexity index is 701. The average Bonchev–Trinajstić information content (AvgIpc) is 2.60. The number of carbonyl (C=O) groups is 2. The molecule has 0 aliphatic heterocycles. The zero-order chi connectivity index (χ0) is 20.8. The lowest BCUT2D eigenvalue weighted by molar-refractivity contribution is -0.384. The van der Waals surface area contributed by atoms with Crippen molar-refractivity contribution in [2.45, 2.75) is 58.3 Å². The van der Waals surface area contributed by atoms with Crippen molar-refractivity contribution in [3.63, 3.8) is 0 Å². The zero-order valence-corrected chi connectivity index (χ0v) is 16.5. The standard InChI is InChI=1S/C19H28N4O5/c1-4-21(12-18(24)25)17-9-15(10-17)20-19(26)22(13(2)3)11-14-5-7-16(8-6-14)23(27)28/h5-8,13,15,17H,4,9-12H2,1-3H3,(H,20,26)(H,24,25). The Kier molecular flexibility index (Phi) is 7.33. The maximum Gasteiger partial charge on any atom is 0.318 e. The Balaban J connectivity index is 1.90. The quantitative estimate of drug-likeness (QED) is 0.493. The molecule has 2 amide bonds. The molecule has 0 atom stereocenters. The van der Waals surface area contributed by atoms with Crippen molar-refractivity contribution < 1.29 is 19.6 Å². The Labute approximate surface area is 164 Å². The van der Waals surface area contributed by atoms with Gasteiger partial charge in [-0.05, 0) is 38.8 Å². The molecule has 0 bridgehead atoms. The molecule has 0 heterocycles. The summed E-state index contributed by atoms with van der Waals surface area (Å²) in [5, 5.41) is 22.7. The third-order valence-electron chi connectivity index (χ3n) is 5.09. The van der Waals surface area contributed by atoms with Gasteiger partial charge in [-0.2, -0.15) is 0 Å². The molecule has 28 heavy (non-hydrogen) atoms. The van der Waals surface area contributed by atoms with E-state index < -0.39 is 10.9 Å². The fraction of sp³-hybridized carbons (Fsp3) is 0.579. The third-order valence-corrected chi connectivity index (χ3v) is 5.09. The Morgan fingerprint density at radius 2 is 1.89 bits per heavy atom. The van der Waals surface area contributed by atoms with Crippen LogP contribution in [0.4, 0.5) is 10.5 Å². The highest BCUT2D eigenvalue weighted by atomic mass is 16.6. The minimum absolute atomic E-state index is 0.0140. The van der Waals surface area contributed by atoms with Gasteiger partial charge in [0, 0.05) is 36.8 Å². The van der Waals surface area contributed by atoms with Gasteiger partial charge in [0.25, 0.3) is 5.69 Å². The van der Waals surface area contributed by atoms with E-state index in [-0.39, 0.29) is 36.4 Å². The van der Waals surface area contributed by atoms with Crippen LogP contribution in [0.2, 0.25) is 0 Å². The number of carbonyl (C=O) groups excluding carboxylic acids is 1. The summed E-state index contributed by atoms with van der Waals surface area (Å²) in [7, 11) is 0. The molecule has 2 N–H and O–H groups in total. The number of benzene rings is 1. The molecule has 1 aromatic rings. The van der Waals surface area contributed by atoms with E-state index in [2.05, 4.69) is 5.32 Å². The highest BCUT2D eigenvalue weighted by Crippen LogP contribution is 2.26. The smallest absolute Gasteiger partial charge is 0.318 e. The first kappa shape index (κ1) is 21.6. The first-order valence-corrected chi connectivity index (χ1v) is 9.47. The number of amides is 2. The summed E-state index contributed by atoms with van der Waals surface area (Å²) in [4.78, 5) is 37.5. The van der Waals surface area contributed by atoms with Crippen LogP contribution >= 0.6 is 0 Å². The largest absolute Gasteiger partial charge is 0.480 e. The molecule has 1 fully saturated rings. The molecule has 2 rings (SSSR count). The van der Waals surface area contributed by atoms with Gasteiger partial charge in [0.15, 0.2) is 0 Å². The summed E-state index contributed by atoms with van der Waals surface area (Å²) < 4.78 is 0. The van der Waals surface area contributed by atoms with Crippen LogP contribution in [0.3, 0.4) is 0 Å². The number of likely N-dealkylation sites (N-methyl/N-ethyl adjacent to an activating group) is 1.